The Hall–Kier alpha value is -2.77. The second kappa shape index (κ2) is 6.79. The van der Waals surface area contributed by atoms with Gasteiger partial charge in [0.25, 0.3) is 5.91 Å². The molecule has 22 heavy (non-hydrogen) atoms. The summed E-state index contributed by atoms with van der Waals surface area (Å²) >= 11 is 0. The van der Waals surface area contributed by atoms with E-state index in [9.17, 15) is 14.4 Å². The normalized spacial score (nSPS) is 17.1. The molecule has 1 saturated heterocycles. The predicted octanol–water partition coefficient (Wildman–Crippen LogP) is -0.463. The molecule has 2 rings (SSSR count). The minimum absolute atomic E-state index is 0.0691. The van der Waals surface area contributed by atoms with Crippen molar-refractivity contribution < 1.29 is 14.4 Å². The van der Waals surface area contributed by atoms with Crippen LogP contribution in [0.4, 0.5) is 5.82 Å². The molecule has 1 aromatic rings. The average molecular weight is 303 g/mol. The van der Waals surface area contributed by atoms with E-state index in [1.165, 1.54) is 17.2 Å². The average Bonchev–Trinajstić information content (AvgIpc) is 3.00. The van der Waals surface area contributed by atoms with Gasteiger partial charge in [-0.1, -0.05) is 0 Å². The van der Waals surface area contributed by atoms with E-state index in [2.05, 4.69) is 10.3 Å². The Morgan fingerprint density at radius 3 is 3.00 bits per heavy atom. The van der Waals surface area contributed by atoms with Crippen molar-refractivity contribution in [3.63, 3.8) is 0 Å². The Morgan fingerprint density at radius 2 is 2.32 bits per heavy atom. The molecule has 1 aromatic heterocycles. The number of nitrogens with zero attached hydrogens (tertiary/aromatic N) is 2. The van der Waals surface area contributed by atoms with Crippen molar-refractivity contribution >= 4 is 29.6 Å². The topological polar surface area (TPSA) is 129 Å². The minimum Gasteiger partial charge on any atom is -0.364 e. The molecule has 4 N–H and O–H groups in total. The number of nitrogens with two attached hydrogens (primary N) is 1. The number of carbonyl (C=O) groups is 3. The van der Waals surface area contributed by atoms with Crippen LogP contribution in [-0.2, 0) is 14.4 Å². The van der Waals surface area contributed by atoms with E-state index in [1.807, 2.05) is 0 Å². The first kappa shape index (κ1) is 15.6. The van der Waals surface area contributed by atoms with Crippen LogP contribution < -0.4 is 11.1 Å². The Morgan fingerprint density at radius 1 is 1.55 bits per heavy atom. The maximum Gasteiger partial charge on any atom is 0.267 e. The SMILES string of the molecule is N=C(C(N)=O)c1cccnc1NCC(=O)N1CCCC1C=O. The molecule has 0 saturated carbocycles. The van der Waals surface area contributed by atoms with Gasteiger partial charge in [0.2, 0.25) is 5.91 Å². The molecule has 0 bridgehead atoms. The first-order valence-corrected chi connectivity index (χ1v) is 6.87. The van der Waals surface area contributed by atoms with E-state index < -0.39 is 5.91 Å². The molecule has 1 fully saturated rings. The van der Waals surface area contributed by atoms with Crippen LogP contribution in [0.3, 0.4) is 0 Å². The molecule has 8 heteroatoms. The van der Waals surface area contributed by atoms with E-state index in [0.717, 1.165) is 12.7 Å². The molecule has 2 heterocycles. The lowest BCUT2D eigenvalue weighted by Gasteiger charge is -2.21. The number of amides is 2. The summed E-state index contributed by atoms with van der Waals surface area (Å²) in [6.45, 7) is 0.483. The molecule has 116 valence electrons. The van der Waals surface area contributed by atoms with Crippen LogP contribution in [0.1, 0.15) is 18.4 Å². The number of rotatable bonds is 6. The highest BCUT2D eigenvalue weighted by molar-refractivity contribution is 6.44. The number of carbonyl (C=O) groups excluding carboxylic acids is 3. The molecule has 1 atom stereocenters. The smallest absolute Gasteiger partial charge is 0.267 e. The minimum atomic E-state index is -0.872. The highest BCUT2D eigenvalue weighted by Gasteiger charge is 2.28. The second-order valence-corrected chi connectivity index (χ2v) is 4.93. The van der Waals surface area contributed by atoms with Crippen LogP contribution in [0.25, 0.3) is 0 Å². The third-order valence-corrected chi connectivity index (χ3v) is 3.51. The summed E-state index contributed by atoms with van der Waals surface area (Å²) in [5.74, 6) is -0.860. The van der Waals surface area contributed by atoms with Crippen LogP contribution in [0.15, 0.2) is 18.3 Å². The molecule has 1 aliphatic heterocycles. The quantitative estimate of drug-likeness (QED) is 0.483. The van der Waals surface area contributed by atoms with Gasteiger partial charge >= 0.3 is 0 Å². The summed E-state index contributed by atoms with van der Waals surface area (Å²) in [5.41, 5.74) is 4.95. The number of primary amides is 1. The first-order valence-electron chi connectivity index (χ1n) is 6.87. The van der Waals surface area contributed by atoms with Crippen LogP contribution >= 0.6 is 0 Å². The number of likely N-dealkylation sites (tertiary alicyclic amines) is 1. The highest BCUT2D eigenvalue weighted by atomic mass is 16.2. The van der Waals surface area contributed by atoms with Gasteiger partial charge in [0.1, 0.15) is 17.8 Å². The van der Waals surface area contributed by atoms with Gasteiger partial charge in [-0.2, -0.15) is 0 Å². The summed E-state index contributed by atoms with van der Waals surface area (Å²) in [6.07, 6.45) is 3.74. The van der Waals surface area contributed by atoms with Crippen molar-refractivity contribution in [3.8, 4) is 0 Å². The lowest BCUT2D eigenvalue weighted by molar-refractivity contribution is -0.132. The van der Waals surface area contributed by atoms with Crippen molar-refractivity contribution in [3.05, 3.63) is 23.9 Å². The summed E-state index contributed by atoms with van der Waals surface area (Å²) in [6, 6.07) is 2.72. The van der Waals surface area contributed by atoms with Gasteiger partial charge in [-0.05, 0) is 25.0 Å². The maximum absolute atomic E-state index is 12.1. The molecule has 0 spiro atoms. The fourth-order valence-electron chi connectivity index (χ4n) is 2.39. The number of aromatic nitrogens is 1. The van der Waals surface area contributed by atoms with Crippen molar-refractivity contribution in [2.45, 2.75) is 18.9 Å². The Bertz CT molecular complexity index is 616. The zero-order chi connectivity index (χ0) is 16.1. The van der Waals surface area contributed by atoms with Crippen LogP contribution in [-0.4, -0.2) is 52.8 Å². The zero-order valence-electron chi connectivity index (χ0n) is 11.9. The lowest BCUT2D eigenvalue weighted by atomic mass is 10.1. The number of anilines is 1. The Labute approximate surface area is 127 Å². The summed E-state index contributed by atoms with van der Waals surface area (Å²) in [7, 11) is 0. The van der Waals surface area contributed by atoms with Crippen molar-refractivity contribution in [1.29, 1.82) is 5.41 Å². The zero-order valence-corrected chi connectivity index (χ0v) is 11.9. The predicted molar refractivity (Wildman–Crippen MR) is 79.5 cm³/mol. The molecular weight excluding hydrogens is 286 g/mol. The molecule has 0 aliphatic carbocycles. The monoisotopic (exact) mass is 303 g/mol. The standard InChI is InChI=1S/C14H17N5O3/c15-12(13(16)22)10-4-1-5-17-14(10)18-7-11(21)19-6-2-3-9(19)8-20/h1,4-5,8-9,15H,2-3,6-7H2,(H2,16,22)(H,17,18). The largest absolute Gasteiger partial charge is 0.364 e. The number of hydrogen-bond donors (Lipinski definition) is 3. The molecule has 0 aromatic carbocycles. The van der Waals surface area contributed by atoms with Crippen LogP contribution in [0, 0.1) is 5.41 Å². The van der Waals surface area contributed by atoms with Gasteiger partial charge in [-0.3, -0.25) is 15.0 Å². The first-order chi connectivity index (χ1) is 10.5. The van der Waals surface area contributed by atoms with Crippen molar-refractivity contribution in [2.75, 3.05) is 18.4 Å². The van der Waals surface area contributed by atoms with Gasteiger partial charge in [-0.15, -0.1) is 0 Å². The third kappa shape index (κ3) is 3.27. The number of pyridine rings is 1. The van der Waals surface area contributed by atoms with E-state index >= 15 is 0 Å². The maximum atomic E-state index is 12.1. The van der Waals surface area contributed by atoms with Gasteiger partial charge in [0.15, 0.2) is 0 Å². The fourth-order valence-corrected chi connectivity index (χ4v) is 2.39. The van der Waals surface area contributed by atoms with E-state index in [0.29, 0.717) is 13.0 Å². The number of nitrogens with one attached hydrogen (secondary N) is 2. The molecule has 2 amide bonds. The third-order valence-electron chi connectivity index (χ3n) is 3.51. The highest BCUT2D eigenvalue weighted by Crippen LogP contribution is 2.16. The summed E-state index contributed by atoms with van der Waals surface area (Å²) in [5, 5.41) is 10.4. The van der Waals surface area contributed by atoms with Gasteiger partial charge in [-0.25, -0.2) is 4.98 Å². The Kier molecular flexibility index (Phi) is 4.82. The van der Waals surface area contributed by atoms with Crippen molar-refractivity contribution in [1.82, 2.24) is 9.88 Å². The molecular formula is C14H17N5O3. The number of hydrogen-bond acceptors (Lipinski definition) is 6. The Balaban J connectivity index is 2.06. The van der Waals surface area contributed by atoms with E-state index in [1.54, 1.807) is 6.07 Å². The summed E-state index contributed by atoms with van der Waals surface area (Å²) in [4.78, 5) is 39.7. The molecule has 0 radical (unpaired) electrons. The lowest BCUT2D eigenvalue weighted by Crippen LogP contribution is -2.40. The van der Waals surface area contributed by atoms with Crippen molar-refractivity contribution in [2.24, 2.45) is 5.73 Å². The summed E-state index contributed by atoms with van der Waals surface area (Å²) < 4.78 is 0. The second-order valence-electron chi connectivity index (χ2n) is 4.93. The van der Waals surface area contributed by atoms with Gasteiger partial charge in [0, 0.05) is 18.3 Å². The fraction of sp³-hybridized carbons (Fsp3) is 0.357. The van der Waals surface area contributed by atoms with Gasteiger partial charge in [0.05, 0.1) is 12.6 Å². The van der Waals surface area contributed by atoms with Gasteiger partial charge < -0.3 is 20.7 Å². The molecule has 8 nitrogen and oxygen atoms in total. The molecule has 1 unspecified atom stereocenters. The van der Waals surface area contributed by atoms with Crippen LogP contribution in [0.2, 0.25) is 0 Å². The number of aldehydes is 1. The molecule has 1 aliphatic rings. The van der Waals surface area contributed by atoms with E-state index in [4.69, 9.17) is 11.1 Å². The van der Waals surface area contributed by atoms with E-state index in [-0.39, 0.29) is 35.6 Å². The van der Waals surface area contributed by atoms with Crippen LogP contribution in [0.5, 0.6) is 0 Å².